The minimum atomic E-state index is -3.65. The topological polar surface area (TPSA) is 69.7 Å². The molecule has 1 aliphatic heterocycles. The van der Waals surface area contributed by atoms with E-state index >= 15 is 0 Å². The van der Waals surface area contributed by atoms with Gasteiger partial charge < -0.3 is 4.90 Å². The van der Waals surface area contributed by atoms with E-state index in [4.69, 9.17) is 0 Å². The second-order valence-electron chi connectivity index (χ2n) is 6.44. The van der Waals surface area contributed by atoms with Gasteiger partial charge in [0.25, 0.3) is 10.0 Å². The zero-order valence-corrected chi connectivity index (χ0v) is 16.2. The molecule has 1 amide bonds. The van der Waals surface area contributed by atoms with Crippen molar-refractivity contribution in [1.29, 1.82) is 0 Å². The molecule has 1 N–H and O–H groups in total. The number of hydrogen-bond acceptors (Lipinski definition) is 5. The Morgan fingerprint density at radius 1 is 1.29 bits per heavy atom. The average molecular weight is 374 g/mol. The van der Waals surface area contributed by atoms with Crippen molar-refractivity contribution in [1.82, 2.24) is 14.5 Å². The van der Waals surface area contributed by atoms with Gasteiger partial charge in [0.15, 0.2) is 0 Å². The zero-order valence-electron chi connectivity index (χ0n) is 14.6. The lowest BCUT2D eigenvalue weighted by molar-refractivity contribution is -0.135. The van der Waals surface area contributed by atoms with Crippen LogP contribution in [0.2, 0.25) is 0 Å². The van der Waals surface area contributed by atoms with Gasteiger partial charge >= 0.3 is 0 Å². The molecule has 24 heavy (non-hydrogen) atoms. The van der Waals surface area contributed by atoms with Gasteiger partial charge in [-0.2, -0.15) is 4.72 Å². The van der Waals surface area contributed by atoms with Gasteiger partial charge in [-0.25, -0.2) is 8.42 Å². The van der Waals surface area contributed by atoms with E-state index in [1.54, 1.807) is 22.4 Å². The first-order valence-corrected chi connectivity index (χ1v) is 10.8. The van der Waals surface area contributed by atoms with Crippen LogP contribution in [-0.2, 0) is 14.8 Å². The molecule has 0 aromatic carbocycles. The molecule has 0 unspecified atom stereocenters. The molecule has 0 spiro atoms. The number of nitrogens with zero attached hydrogens (tertiary/aromatic N) is 2. The molecular weight excluding hydrogens is 346 g/mol. The summed E-state index contributed by atoms with van der Waals surface area (Å²) in [6, 6.07) is 2.52. The maximum Gasteiger partial charge on any atom is 0.250 e. The second kappa shape index (κ2) is 8.42. The smallest absolute Gasteiger partial charge is 0.250 e. The van der Waals surface area contributed by atoms with Gasteiger partial charge in [0, 0.05) is 26.2 Å². The highest BCUT2D eigenvalue weighted by molar-refractivity contribution is 7.91. The van der Waals surface area contributed by atoms with Crippen LogP contribution in [0.25, 0.3) is 0 Å². The maximum atomic E-state index is 12.8. The Labute approximate surface area is 148 Å². The van der Waals surface area contributed by atoms with Gasteiger partial charge in [0.1, 0.15) is 10.3 Å². The highest BCUT2D eigenvalue weighted by atomic mass is 32.2. The van der Waals surface area contributed by atoms with E-state index in [1.165, 1.54) is 0 Å². The summed E-state index contributed by atoms with van der Waals surface area (Å²) >= 11 is 1.15. The quantitative estimate of drug-likeness (QED) is 0.788. The molecule has 6 nitrogen and oxygen atoms in total. The molecule has 1 atom stereocenters. The molecule has 0 bridgehead atoms. The summed E-state index contributed by atoms with van der Waals surface area (Å²) in [5, 5.41) is 1.72. The summed E-state index contributed by atoms with van der Waals surface area (Å²) in [6.45, 7) is 9.93. The molecule has 2 rings (SSSR count). The first-order valence-electron chi connectivity index (χ1n) is 8.42. The lowest BCUT2D eigenvalue weighted by Gasteiger charge is -2.37. The number of carbonyl (C=O) groups excluding carboxylic acids is 1. The van der Waals surface area contributed by atoms with E-state index in [1.807, 2.05) is 13.8 Å². The van der Waals surface area contributed by atoms with Crippen molar-refractivity contribution in [2.75, 3.05) is 32.7 Å². The van der Waals surface area contributed by atoms with E-state index in [0.29, 0.717) is 13.1 Å². The van der Waals surface area contributed by atoms with Gasteiger partial charge in [-0.1, -0.05) is 26.8 Å². The fourth-order valence-corrected chi connectivity index (χ4v) is 5.17. The van der Waals surface area contributed by atoms with E-state index in [2.05, 4.69) is 16.5 Å². The Bertz CT molecular complexity index is 621. The SMILES string of the molecule is CCCN1CCN(C(=O)[C@H](NS(=O)(=O)c2cccs2)C(C)C)CC1. The monoisotopic (exact) mass is 373 g/mol. The molecule has 1 fully saturated rings. The van der Waals surface area contributed by atoms with Gasteiger partial charge in [-0.05, 0) is 30.3 Å². The van der Waals surface area contributed by atoms with Crippen LogP contribution < -0.4 is 4.72 Å². The predicted molar refractivity (Wildman–Crippen MR) is 96.6 cm³/mol. The van der Waals surface area contributed by atoms with Gasteiger partial charge in [0.05, 0.1) is 0 Å². The molecule has 0 radical (unpaired) electrons. The van der Waals surface area contributed by atoms with Crippen molar-refractivity contribution in [3.63, 3.8) is 0 Å². The second-order valence-corrected chi connectivity index (χ2v) is 9.33. The minimum Gasteiger partial charge on any atom is -0.339 e. The number of hydrogen-bond donors (Lipinski definition) is 1. The molecule has 1 saturated heterocycles. The number of thiophene rings is 1. The number of carbonyl (C=O) groups is 1. The highest BCUT2D eigenvalue weighted by Gasteiger charge is 2.33. The molecule has 1 aliphatic rings. The largest absolute Gasteiger partial charge is 0.339 e. The highest BCUT2D eigenvalue weighted by Crippen LogP contribution is 2.18. The van der Waals surface area contributed by atoms with Crippen LogP contribution in [0.4, 0.5) is 0 Å². The van der Waals surface area contributed by atoms with Crippen molar-refractivity contribution >= 4 is 27.3 Å². The molecule has 136 valence electrons. The first kappa shape index (κ1) is 19.4. The third-order valence-corrected chi connectivity index (χ3v) is 7.04. The van der Waals surface area contributed by atoms with Crippen molar-refractivity contribution in [2.24, 2.45) is 5.92 Å². The minimum absolute atomic E-state index is 0.110. The standard InChI is InChI=1S/C16H27N3O3S2/c1-4-7-18-8-10-19(11-9-18)16(20)15(13(2)3)17-24(21,22)14-6-5-12-23-14/h5-6,12-13,15,17H,4,7-11H2,1-3H3/t15-/m1/s1. The number of amides is 1. The van der Waals surface area contributed by atoms with Crippen LogP contribution >= 0.6 is 11.3 Å². The number of rotatable bonds is 7. The van der Waals surface area contributed by atoms with Crippen LogP contribution in [0.15, 0.2) is 21.7 Å². The van der Waals surface area contributed by atoms with E-state index in [9.17, 15) is 13.2 Å². The molecular formula is C16H27N3O3S2. The van der Waals surface area contributed by atoms with Gasteiger partial charge in [-0.15, -0.1) is 11.3 Å². The zero-order chi connectivity index (χ0) is 17.7. The molecule has 0 aliphatic carbocycles. The average Bonchev–Trinajstić information content (AvgIpc) is 3.08. The van der Waals surface area contributed by atoms with Gasteiger partial charge in [0.2, 0.25) is 5.91 Å². The maximum absolute atomic E-state index is 12.8. The lowest BCUT2D eigenvalue weighted by Crippen LogP contribution is -2.56. The fourth-order valence-electron chi connectivity index (χ4n) is 2.82. The predicted octanol–water partition coefficient (Wildman–Crippen LogP) is 1.61. The van der Waals surface area contributed by atoms with Crippen molar-refractivity contribution in [3.05, 3.63) is 17.5 Å². The third kappa shape index (κ3) is 4.78. The summed E-state index contributed by atoms with van der Waals surface area (Å²) in [5.41, 5.74) is 0. The fraction of sp³-hybridized carbons (Fsp3) is 0.688. The Balaban J connectivity index is 2.04. The van der Waals surface area contributed by atoms with E-state index < -0.39 is 16.1 Å². The van der Waals surface area contributed by atoms with Crippen LogP contribution in [-0.4, -0.2) is 62.9 Å². The van der Waals surface area contributed by atoms with E-state index in [-0.39, 0.29) is 16.0 Å². The summed E-state index contributed by atoms with van der Waals surface area (Å²) in [6.07, 6.45) is 1.10. The third-order valence-electron chi connectivity index (χ3n) is 4.20. The van der Waals surface area contributed by atoms with E-state index in [0.717, 1.165) is 37.4 Å². The summed E-state index contributed by atoms with van der Waals surface area (Å²) < 4.78 is 27.8. The first-order chi connectivity index (χ1) is 11.3. The van der Waals surface area contributed by atoms with Crippen molar-refractivity contribution in [2.45, 2.75) is 37.4 Å². The Morgan fingerprint density at radius 2 is 1.96 bits per heavy atom. The Kier molecular flexibility index (Phi) is 6.79. The summed E-state index contributed by atoms with van der Waals surface area (Å²) in [7, 11) is -3.65. The molecule has 1 aromatic heterocycles. The van der Waals surface area contributed by atoms with Crippen LogP contribution in [0.3, 0.4) is 0 Å². The van der Waals surface area contributed by atoms with Crippen LogP contribution in [0, 0.1) is 5.92 Å². The van der Waals surface area contributed by atoms with Crippen LogP contribution in [0.5, 0.6) is 0 Å². The van der Waals surface area contributed by atoms with Crippen molar-refractivity contribution in [3.8, 4) is 0 Å². The Morgan fingerprint density at radius 3 is 2.46 bits per heavy atom. The normalized spacial score (nSPS) is 18.1. The summed E-state index contributed by atoms with van der Waals surface area (Å²) in [4.78, 5) is 17.0. The summed E-state index contributed by atoms with van der Waals surface area (Å²) in [5.74, 6) is -0.234. The molecule has 8 heteroatoms. The lowest BCUT2D eigenvalue weighted by atomic mass is 10.0. The number of sulfonamides is 1. The van der Waals surface area contributed by atoms with Gasteiger partial charge in [-0.3, -0.25) is 9.69 Å². The van der Waals surface area contributed by atoms with Crippen LogP contribution in [0.1, 0.15) is 27.2 Å². The number of piperazine rings is 1. The molecule has 1 aromatic rings. The van der Waals surface area contributed by atoms with Crippen molar-refractivity contribution < 1.29 is 13.2 Å². The number of nitrogens with one attached hydrogen (secondary N) is 1. The molecule has 2 heterocycles. The Hall–Kier alpha value is -0.960. The molecule has 0 saturated carbocycles.